The summed E-state index contributed by atoms with van der Waals surface area (Å²) in [5.41, 5.74) is 4.17. The van der Waals surface area contributed by atoms with Gasteiger partial charge in [-0.1, -0.05) is 70.3 Å². The summed E-state index contributed by atoms with van der Waals surface area (Å²) in [5.74, 6) is 2.75. The Labute approximate surface area is 251 Å². The zero-order chi connectivity index (χ0) is 29.7. The van der Waals surface area contributed by atoms with Gasteiger partial charge in [0.1, 0.15) is 17.1 Å². The zero-order valence-corrected chi connectivity index (χ0v) is 30.5. The summed E-state index contributed by atoms with van der Waals surface area (Å²) in [7, 11) is -3.58. The standard InChI is InChI=1S/C33H58O4Si3/c1-12-14-16-17-27-22-30-32(28-21-24(3)18-19-29(28)33(6,7)34-30)31(23-27)37-40(10,11)36-25(4)38-35-26(5)39(8,9)20-15-13-2/h21-23,25-26,28-29H,12-20H2,1-11H3/t25?,26?,28-,29-/m1/s1. The highest BCUT2D eigenvalue weighted by Gasteiger charge is 2.46. The number of rotatable bonds is 15. The maximum absolute atomic E-state index is 6.96. The van der Waals surface area contributed by atoms with Crippen LogP contribution in [0.2, 0.25) is 32.2 Å². The molecule has 0 fully saturated rings. The Morgan fingerprint density at radius 1 is 1.05 bits per heavy atom. The molecule has 0 amide bonds. The lowest BCUT2D eigenvalue weighted by molar-refractivity contribution is 0.0108. The topological polar surface area (TPSA) is 36.9 Å². The highest BCUT2D eigenvalue weighted by molar-refractivity contribution is 6.78. The first-order valence-corrected chi connectivity index (χ1v) is 23.1. The van der Waals surface area contributed by atoms with Crippen LogP contribution in [0.3, 0.4) is 0 Å². The van der Waals surface area contributed by atoms with E-state index in [9.17, 15) is 0 Å². The molecule has 2 unspecified atom stereocenters. The first-order chi connectivity index (χ1) is 18.7. The van der Waals surface area contributed by atoms with E-state index >= 15 is 0 Å². The van der Waals surface area contributed by atoms with E-state index in [1.54, 1.807) is 0 Å². The van der Waals surface area contributed by atoms with Crippen molar-refractivity contribution < 1.29 is 18.0 Å². The summed E-state index contributed by atoms with van der Waals surface area (Å²) < 4.78 is 26.9. The minimum atomic E-state index is -2.51. The average molecular weight is 603 g/mol. The molecule has 7 heteroatoms. The van der Waals surface area contributed by atoms with Crippen molar-refractivity contribution in [1.29, 1.82) is 0 Å². The molecule has 4 atom stereocenters. The molecule has 0 spiro atoms. The fourth-order valence-corrected chi connectivity index (χ4v) is 12.5. The van der Waals surface area contributed by atoms with Crippen LogP contribution < -0.4 is 9.16 Å². The van der Waals surface area contributed by atoms with Crippen molar-refractivity contribution in [2.75, 3.05) is 0 Å². The number of aryl methyl sites for hydroxylation is 1. The van der Waals surface area contributed by atoms with E-state index in [1.807, 2.05) is 0 Å². The fraction of sp³-hybridized carbons (Fsp3) is 0.758. The minimum absolute atomic E-state index is 0.0170. The molecule has 0 saturated carbocycles. The highest BCUT2D eigenvalue weighted by Crippen LogP contribution is 2.54. The predicted molar refractivity (Wildman–Crippen MR) is 176 cm³/mol. The molecule has 3 rings (SSSR count). The first-order valence-electron chi connectivity index (χ1n) is 16.0. The van der Waals surface area contributed by atoms with Crippen LogP contribution in [0.25, 0.3) is 0 Å². The summed E-state index contributed by atoms with van der Waals surface area (Å²) in [5, 5.41) is 0. The van der Waals surface area contributed by atoms with Crippen molar-refractivity contribution in [3.63, 3.8) is 0 Å². The second-order valence-electron chi connectivity index (χ2n) is 14.1. The molecule has 0 saturated heterocycles. The molecule has 0 aromatic heterocycles. The van der Waals surface area contributed by atoms with Gasteiger partial charge in [-0.05, 0) is 91.1 Å². The summed E-state index contributed by atoms with van der Waals surface area (Å²) >= 11 is 0. The second kappa shape index (κ2) is 14.1. The smallest absolute Gasteiger partial charge is 0.392 e. The Hall–Kier alpha value is -0.869. The second-order valence-corrected chi connectivity index (χ2v) is 23.9. The van der Waals surface area contributed by atoms with Gasteiger partial charge < -0.3 is 18.0 Å². The third kappa shape index (κ3) is 8.82. The van der Waals surface area contributed by atoms with Crippen molar-refractivity contribution >= 4 is 26.4 Å². The van der Waals surface area contributed by atoms with Crippen molar-refractivity contribution in [2.45, 2.75) is 155 Å². The molecule has 1 heterocycles. The Kier molecular flexibility index (Phi) is 11.8. The first kappa shape index (κ1) is 33.6. The van der Waals surface area contributed by atoms with E-state index < -0.39 is 16.6 Å². The van der Waals surface area contributed by atoms with Crippen LogP contribution in [0.5, 0.6) is 11.5 Å². The monoisotopic (exact) mass is 602 g/mol. The summed E-state index contributed by atoms with van der Waals surface area (Å²) in [6, 6.07) is 5.92. The van der Waals surface area contributed by atoms with Crippen molar-refractivity contribution in [3.8, 4) is 11.5 Å². The Balaban J connectivity index is 1.82. The summed E-state index contributed by atoms with van der Waals surface area (Å²) in [6.45, 7) is 25.0. The summed E-state index contributed by atoms with van der Waals surface area (Å²) in [4.78, 5) is 0. The number of unbranched alkanes of at least 4 members (excludes halogenated alkanes) is 3. The molecular formula is C33H58O4Si3. The van der Waals surface area contributed by atoms with Crippen LogP contribution in [-0.2, 0) is 15.3 Å². The van der Waals surface area contributed by atoms with E-state index in [1.165, 1.54) is 54.8 Å². The lowest BCUT2D eigenvalue weighted by Crippen LogP contribution is -2.47. The molecule has 2 aliphatic rings. The minimum Gasteiger partial charge on any atom is -0.520 e. The SMILES string of the molecule is CCCCCc1cc2c(c(O[Si](C)(C)OC(C)[Si]OC(C)[Si](C)(C)CCCC)c1)[C@@H]1C=C(C)CC[C@H]1C(C)(C)O2. The van der Waals surface area contributed by atoms with E-state index in [0.717, 1.165) is 30.8 Å². The summed E-state index contributed by atoms with van der Waals surface area (Å²) in [6.07, 6.45) is 12.0. The molecular weight excluding hydrogens is 545 g/mol. The van der Waals surface area contributed by atoms with Crippen LogP contribution >= 0.6 is 0 Å². The Bertz CT molecular complexity index is 1000. The molecule has 0 N–H and O–H groups in total. The molecule has 4 nitrogen and oxygen atoms in total. The van der Waals surface area contributed by atoms with E-state index in [4.69, 9.17) is 18.0 Å². The number of hydrogen-bond acceptors (Lipinski definition) is 4. The molecule has 1 aromatic carbocycles. The molecule has 40 heavy (non-hydrogen) atoms. The zero-order valence-electron chi connectivity index (χ0n) is 27.5. The average Bonchev–Trinajstić information content (AvgIpc) is 2.84. The van der Waals surface area contributed by atoms with Crippen LogP contribution in [0.15, 0.2) is 23.8 Å². The van der Waals surface area contributed by atoms with Gasteiger partial charge in [0.05, 0.1) is 13.8 Å². The van der Waals surface area contributed by atoms with Gasteiger partial charge in [-0.25, -0.2) is 0 Å². The van der Waals surface area contributed by atoms with E-state index in [2.05, 4.69) is 92.9 Å². The molecule has 226 valence electrons. The van der Waals surface area contributed by atoms with Gasteiger partial charge in [-0.15, -0.1) is 0 Å². The number of benzene rings is 1. The quantitative estimate of drug-likeness (QED) is 0.114. The van der Waals surface area contributed by atoms with Gasteiger partial charge in [0.2, 0.25) is 0 Å². The third-order valence-electron chi connectivity index (χ3n) is 9.08. The molecule has 1 aliphatic carbocycles. The van der Waals surface area contributed by atoms with Gasteiger partial charge in [-0.2, -0.15) is 0 Å². The van der Waals surface area contributed by atoms with E-state index in [-0.39, 0.29) is 11.3 Å². The van der Waals surface area contributed by atoms with Crippen LogP contribution in [0.1, 0.15) is 110 Å². The largest absolute Gasteiger partial charge is 0.520 e. The maximum atomic E-state index is 6.96. The van der Waals surface area contributed by atoms with Gasteiger partial charge in [0, 0.05) is 23.1 Å². The molecule has 1 aliphatic heterocycles. The van der Waals surface area contributed by atoms with Gasteiger partial charge in [0.25, 0.3) is 9.76 Å². The molecule has 0 bridgehead atoms. The third-order valence-corrected chi connectivity index (χ3v) is 16.1. The van der Waals surface area contributed by atoms with Crippen LogP contribution in [0.4, 0.5) is 0 Å². The lowest BCUT2D eigenvalue weighted by Gasteiger charge is -2.47. The van der Waals surface area contributed by atoms with Crippen LogP contribution in [-0.4, -0.2) is 43.5 Å². The highest BCUT2D eigenvalue weighted by atomic mass is 28.4. The van der Waals surface area contributed by atoms with E-state index in [0.29, 0.717) is 27.3 Å². The lowest BCUT2D eigenvalue weighted by atomic mass is 9.68. The maximum Gasteiger partial charge on any atom is 0.392 e. The van der Waals surface area contributed by atoms with Gasteiger partial charge >= 0.3 is 8.56 Å². The van der Waals surface area contributed by atoms with Crippen LogP contribution in [0, 0.1) is 5.92 Å². The predicted octanol–water partition coefficient (Wildman–Crippen LogP) is 9.55. The number of ether oxygens (including phenoxy) is 1. The van der Waals surface area contributed by atoms with Gasteiger partial charge in [-0.3, -0.25) is 0 Å². The normalized spacial score (nSPS) is 22.0. The Morgan fingerprint density at radius 2 is 1.75 bits per heavy atom. The van der Waals surface area contributed by atoms with Crippen molar-refractivity contribution in [2.24, 2.45) is 5.92 Å². The fourth-order valence-electron chi connectivity index (χ4n) is 6.30. The molecule has 1 aromatic rings. The number of hydrogen-bond donors (Lipinski definition) is 0. The van der Waals surface area contributed by atoms with Gasteiger partial charge in [0.15, 0.2) is 0 Å². The number of allylic oxidation sites excluding steroid dienone is 2. The molecule has 2 radical (unpaired) electrons. The van der Waals surface area contributed by atoms with Crippen molar-refractivity contribution in [3.05, 3.63) is 34.9 Å². The van der Waals surface area contributed by atoms with Crippen molar-refractivity contribution in [1.82, 2.24) is 0 Å². The Morgan fingerprint density at radius 3 is 2.42 bits per heavy atom. The number of fused-ring (bicyclic) bond motifs is 3.